The highest BCUT2D eigenvalue weighted by atomic mass is 16.4. The van der Waals surface area contributed by atoms with E-state index < -0.39 is 12.0 Å². The highest BCUT2D eigenvalue weighted by Crippen LogP contribution is 2.67. The molecule has 1 saturated carbocycles. The number of carbonyl (C=O) groups excluding carboxylic acids is 1. The minimum Gasteiger partial charge on any atom is -0.480 e. The molecule has 0 spiro atoms. The number of amides is 2. The SMILES string of the molecule is CCCC[C@H](NC(=O)NCC1C(C)(C)C1(C)C)C(=O)O. The van der Waals surface area contributed by atoms with E-state index in [1.807, 2.05) is 6.92 Å². The van der Waals surface area contributed by atoms with Crippen LogP contribution in [0.1, 0.15) is 53.9 Å². The van der Waals surface area contributed by atoms with Crippen LogP contribution in [-0.4, -0.2) is 29.7 Å². The number of carboxylic acids is 1. The van der Waals surface area contributed by atoms with Gasteiger partial charge in [-0.05, 0) is 23.2 Å². The quantitative estimate of drug-likeness (QED) is 0.672. The summed E-state index contributed by atoms with van der Waals surface area (Å²) in [7, 11) is 0. The maximum Gasteiger partial charge on any atom is 0.326 e. The Balaban J connectivity index is 2.38. The molecule has 1 atom stereocenters. The summed E-state index contributed by atoms with van der Waals surface area (Å²) >= 11 is 0. The van der Waals surface area contributed by atoms with E-state index in [0.717, 1.165) is 12.8 Å². The highest BCUT2D eigenvalue weighted by Gasteiger charge is 2.64. The summed E-state index contributed by atoms with van der Waals surface area (Å²) < 4.78 is 0. The number of urea groups is 1. The topological polar surface area (TPSA) is 78.4 Å². The fraction of sp³-hybridized carbons (Fsp3) is 0.867. The van der Waals surface area contributed by atoms with E-state index in [1.54, 1.807) is 0 Å². The molecule has 0 saturated heterocycles. The molecule has 0 radical (unpaired) electrons. The molecule has 1 aliphatic rings. The molecule has 1 aliphatic carbocycles. The molecule has 0 bridgehead atoms. The van der Waals surface area contributed by atoms with Crippen molar-refractivity contribution < 1.29 is 14.7 Å². The summed E-state index contributed by atoms with van der Waals surface area (Å²) in [5, 5.41) is 14.4. The monoisotopic (exact) mass is 284 g/mol. The van der Waals surface area contributed by atoms with Gasteiger partial charge < -0.3 is 15.7 Å². The van der Waals surface area contributed by atoms with Crippen LogP contribution >= 0.6 is 0 Å². The van der Waals surface area contributed by atoms with Gasteiger partial charge in [0.2, 0.25) is 0 Å². The van der Waals surface area contributed by atoms with Gasteiger partial charge >= 0.3 is 12.0 Å². The van der Waals surface area contributed by atoms with Gasteiger partial charge in [-0.15, -0.1) is 0 Å². The average molecular weight is 284 g/mol. The molecule has 0 aromatic carbocycles. The van der Waals surface area contributed by atoms with Crippen molar-refractivity contribution in [3.8, 4) is 0 Å². The van der Waals surface area contributed by atoms with Crippen molar-refractivity contribution in [3.05, 3.63) is 0 Å². The van der Waals surface area contributed by atoms with Gasteiger partial charge in [0.25, 0.3) is 0 Å². The van der Waals surface area contributed by atoms with Crippen molar-refractivity contribution in [2.45, 2.75) is 59.9 Å². The minimum atomic E-state index is -0.972. The van der Waals surface area contributed by atoms with Gasteiger partial charge in [-0.2, -0.15) is 0 Å². The number of rotatable bonds is 7. The van der Waals surface area contributed by atoms with E-state index in [1.165, 1.54) is 0 Å². The Morgan fingerprint density at radius 3 is 2.15 bits per heavy atom. The van der Waals surface area contributed by atoms with Crippen molar-refractivity contribution in [3.63, 3.8) is 0 Å². The lowest BCUT2D eigenvalue weighted by molar-refractivity contribution is -0.139. The molecule has 0 heterocycles. The standard InChI is InChI=1S/C15H28N2O3/c1-6-7-8-10(12(18)19)17-13(20)16-9-11-14(2,3)15(11,4)5/h10-11H,6-9H2,1-5H3,(H,18,19)(H2,16,17,20)/t10-/m0/s1. The number of hydrogen-bond donors (Lipinski definition) is 3. The number of nitrogens with one attached hydrogen (secondary N) is 2. The lowest BCUT2D eigenvalue weighted by Gasteiger charge is -2.15. The normalized spacial score (nSPS) is 21.1. The van der Waals surface area contributed by atoms with Crippen LogP contribution in [0, 0.1) is 16.7 Å². The van der Waals surface area contributed by atoms with Crippen molar-refractivity contribution in [2.24, 2.45) is 16.7 Å². The summed E-state index contributed by atoms with van der Waals surface area (Å²) in [4.78, 5) is 22.8. The Bertz CT molecular complexity index is 363. The largest absolute Gasteiger partial charge is 0.480 e. The number of hydrogen-bond acceptors (Lipinski definition) is 2. The third-order valence-electron chi connectivity index (χ3n) is 5.24. The smallest absolute Gasteiger partial charge is 0.326 e. The van der Waals surface area contributed by atoms with Crippen LogP contribution in [0.3, 0.4) is 0 Å². The molecule has 20 heavy (non-hydrogen) atoms. The van der Waals surface area contributed by atoms with E-state index in [9.17, 15) is 9.59 Å². The molecule has 3 N–H and O–H groups in total. The first-order valence-corrected chi connectivity index (χ1v) is 7.41. The third kappa shape index (κ3) is 3.44. The summed E-state index contributed by atoms with van der Waals surface area (Å²) in [6, 6.07) is -1.18. The molecular formula is C15H28N2O3. The maximum atomic E-state index is 11.8. The van der Waals surface area contributed by atoms with Crippen LogP contribution in [0.5, 0.6) is 0 Å². The number of carbonyl (C=O) groups is 2. The molecule has 0 aromatic heterocycles. The van der Waals surface area contributed by atoms with Crippen LogP contribution in [-0.2, 0) is 4.79 Å². The van der Waals surface area contributed by atoms with Crippen molar-refractivity contribution in [1.29, 1.82) is 0 Å². The second kappa shape index (κ2) is 6.02. The molecule has 0 aliphatic heterocycles. The van der Waals surface area contributed by atoms with E-state index in [4.69, 9.17) is 5.11 Å². The van der Waals surface area contributed by atoms with Gasteiger partial charge in [-0.3, -0.25) is 0 Å². The van der Waals surface area contributed by atoms with Crippen LogP contribution in [0.25, 0.3) is 0 Å². The third-order valence-corrected chi connectivity index (χ3v) is 5.24. The molecule has 0 unspecified atom stereocenters. The zero-order chi connectivity index (χ0) is 15.6. The number of aliphatic carboxylic acids is 1. The summed E-state index contributed by atoms with van der Waals surface area (Å²) in [6.45, 7) is 11.4. The summed E-state index contributed by atoms with van der Waals surface area (Å²) in [6.07, 6.45) is 2.18. The van der Waals surface area contributed by atoms with Crippen LogP contribution < -0.4 is 10.6 Å². The Morgan fingerprint density at radius 2 is 1.75 bits per heavy atom. The molecule has 2 amide bonds. The van der Waals surface area contributed by atoms with Crippen LogP contribution in [0.2, 0.25) is 0 Å². The zero-order valence-electron chi connectivity index (χ0n) is 13.2. The van der Waals surface area contributed by atoms with Crippen molar-refractivity contribution in [1.82, 2.24) is 10.6 Å². The minimum absolute atomic E-state index is 0.217. The van der Waals surface area contributed by atoms with Gasteiger partial charge in [0.05, 0.1) is 0 Å². The predicted octanol–water partition coefficient (Wildman–Crippen LogP) is 2.61. The number of carboxylic acid groups (broad SMARTS) is 1. The van der Waals surface area contributed by atoms with Crippen molar-refractivity contribution in [2.75, 3.05) is 6.54 Å². The second-order valence-electron chi connectivity index (χ2n) is 6.88. The lowest BCUT2D eigenvalue weighted by atomic mass is 10.0. The molecule has 0 aromatic rings. The zero-order valence-corrected chi connectivity index (χ0v) is 13.2. The van der Waals surface area contributed by atoms with Gasteiger partial charge in [-0.25, -0.2) is 9.59 Å². The van der Waals surface area contributed by atoms with E-state index in [0.29, 0.717) is 18.9 Å². The maximum absolute atomic E-state index is 11.8. The summed E-state index contributed by atoms with van der Waals surface area (Å²) in [5.41, 5.74) is 0.434. The van der Waals surface area contributed by atoms with Crippen molar-refractivity contribution >= 4 is 12.0 Å². The molecule has 1 rings (SSSR count). The van der Waals surface area contributed by atoms with Gasteiger partial charge in [0, 0.05) is 6.54 Å². The molecular weight excluding hydrogens is 256 g/mol. The van der Waals surface area contributed by atoms with E-state index in [2.05, 4.69) is 38.3 Å². The summed E-state index contributed by atoms with van der Waals surface area (Å²) in [5.74, 6) is -0.541. The van der Waals surface area contributed by atoms with Gasteiger partial charge in [0.15, 0.2) is 0 Å². The molecule has 116 valence electrons. The Kier molecular flexibility index (Phi) is 5.05. The fourth-order valence-corrected chi connectivity index (χ4v) is 2.91. The predicted molar refractivity (Wildman–Crippen MR) is 78.5 cm³/mol. The van der Waals surface area contributed by atoms with Crippen LogP contribution in [0.15, 0.2) is 0 Å². The molecule has 1 fully saturated rings. The average Bonchev–Trinajstić information content (AvgIpc) is 2.72. The number of unbranched alkanes of at least 4 members (excludes halogenated alkanes) is 1. The van der Waals surface area contributed by atoms with E-state index >= 15 is 0 Å². The molecule has 5 nitrogen and oxygen atoms in total. The lowest BCUT2D eigenvalue weighted by Crippen LogP contribution is -2.46. The first-order chi connectivity index (χ1) is 9.14. The second-order valence-corrected chi connectivity index (χ2v) is 6.88. The Labute approximate surface area is 121 Å². The first-order valence-electron chi connectivity index (χ1n) is 7.41. The van der Waals surface area contributed by atoms with Gasteiger partial charge in [-0.1, -0.05) is 47.5 Å². The van der Waals surface area contributed by atoms with Gasteiger partial charge in [0.1, 0.15) is 6.04 Å². The van der Waals surface area contributed by atoms with Crippen LogP contribution in [0.4, 0.5) is 4.79 Å². The Morgan fingerprint density at radius 1 is 1.20 bits per heavy atom. The van der Waals surface area contributed by atoms with E-state index in [-0.39, 0.29) is 16.9 Å². The fourth-order valence-electron chi connectivity index (χ4n) is 2.91. The first kappa shape index (κ1) is 16.8. The molecule has 5 heteroatoms. The Hall–Kier alpha value is -1.26. The highest BCUT2D eigenvalue weighted by molar-refractivity contribution is 5.82.